The number of carbonyl (C=O) groups is 1. The average Bonchev–Trinajstić information content (AvgIpc) is 3.07. The highest BCUT2D eigenvalue weighted by molar-refractivity contribution is 7.89. The fraction of sp³-hybridized carbons (Fsp3) is 0.500. The molecule has 1 amide bonds. The van der Waals surface area contributed by atoms with Crippen molar-refractivity contribution in [1.82, 2.24) is 9.62 Å². The van der Waals surface area contributed by atoms with Crippen LogP contribution in [0.15, 0.2) is 29.2 Å². The Bertz CT molecular complexity index is 694. The maximum atomic E-state index is 13.8. The van der Waals surface area contributed by atoms with E-state index in [1.807, 2.05) is 0 Å². The molecule has 3 atom stereocenters. The summed E-state index contributed by atoms with van der Waals surface area (Å²) >= 11 is 0. The van der Waals surface area contributed by atoms with Crippen molar-refractivity contribution in [3.05, 3.63) is 30.1 Å². The van der Waals surface area contributed by atoms with Gasteiger partial charge in [-0.05, 0) is 12.1 Å². The smallest absolute Gasteiger partial charge is 0.246 e. The maximum absolute atomic E-state index is 13.8. The van der Waals surface area contributed by atoms with Crippen LogP contribution in [0.5, 0.6) is 0 Å². The normalized spacial score (nSPS) is 28.5. The van der Waals surface area contributed by atoms with E-state index in [-0.39, 0.29) is 41.8 Å². The van der Waals surface area contributed by atoms with E-state index in [2.05, 4.69) is 5.32 Å². The van der Waals surface area contributed by atoms with E-state index in [9.17, 15) is 17.6 Å². The monoisotopic (exact) mass is 328 g/mol. The summed E-state index contributed by atoms with van der Waals surface area (Å²) in [5.41, 5.74) is 0. The summed E-state index contributed by atoms with van der Waals surface area (Å²) in [6, 6.07) is 5.29. The molecule has 0 spiro atoms. The maximum Gasteiger partial charge on any atom is 0.246 e. The van der Waals surface area contributed by atoms with Crippen molar-refractivity contribution in [3.63, 3.8) is 0 Å². The van der Waals surface area contributed by atoms with Gasteiger partial charge in [0.2, 0.25) is 15.9 Å². The van der Waals surface area contributed by atoms with Gasteiger partial charge in [-0.15, -0.1) is 0 Å². The van der Waals surface area contributed by atoms with Crippen molar-refractivity contribution < 1.29 is 22.3 Å². The van der Waals surface area contributed by atoms with Crippen LogP contribution in [0, 0.1) is 17.7 Å². The molecule has 0 bridgehead atoms. The Labute approximate surface area is 128 Å². The highest BCUT2D eigenvalue weighted by Gasteiger charge is 2.49. The second-order valence-corrected chi connectivity index (χ2v) is 7.42. The van der Waals surface area contributed by atoms with E-state index in [1.54, 1.807) is 7.05 Å². The van der Waals surface area contributed by atoms with Gasteiger partial charge in [-0.25, -0.2) is 12.8 Å². The van der Waals surface area contributed by atoms with Crippen molar-refractivity contribution in [2.75, 3.05) is 26.7 Å². The first kappa shape index (κ1) is 15.4. The molecule has 2 aliphatic heterocycles. The Hall–Kier alpha value is -1.51. The second-order valence-electron chi connectivity index (χ2n) is 5.51. The van der Waals surface area contributed by atoms with Crippen LogP contribution in [0.2, 0.25) is 0 Å². The van der Waals surface area contributed by atoms with Crippen molar-refractivity contribution in [3.8, 4) is 0 Å². The summed E-state index contributed by atoms with van der Waals surface area (Å²) in [5, 5.41) is 2.57. The molecule has 22 heavy (non-hydrogen) atoms. The molecule has 1 aromatic rings. The number of hydrogen-bond donors (Lipinski definition) is 1. The van der Waals surface area contributed by atoms with Crippen LogP contribution in [0.1, 0.15) is 0 Å². The molecule has 8 heteroatoms. The first-order valence-corrected chi connectivity index (χ1v) is 8.47. The lowest BCUT2D eigenvalue weighted by Crippen LogP contribution is -2.36. The number of fused-ring (bicyclic) bond motifs is 1. The average molecular weight is 328 g/mol. The number of rotatable bonds is 3. The minimum absolute atomic E-state index is 0.148. The van der Waals surface area contributed by atoms with Crippen molar-refractivity contribution in [2.45, 2.75) is 11.0 Å². The van der Waals surface area contributed by atoms with Gasteiger partial charge in [0, 0.05) is 26.1 Å². The highest BCUT2D eigenvalue weighted by atomic mass is 32.2. The standard InChI is InChI=1S/C14H17FN2O4S/c1-16-14(18)10-8-21-12-7-17(6-9(10)12)22(19,20)13-5-3-2-4-11(13)15/h2-5,9-10,12H,6-8H2,1H3,(H,16,18)/t9-,10+,12-/m0/s1. The molecule has 1 aromatic carbocycles. The predicted molar refractivity (Wildman–Crippen MR) is 75.9 cm³/mol. The molecule has 3 rings (SSSR count). The second kappa shape index (κ2) is 5.60. The Kier molecular flexibility index (Phi) is 3.92. The largest absolute Gasteiger partial charge is 0.376 e. The third kappa shape index (κ3) is 2.41. The number of benzene rings is 1. The molecule has 0 unspecified atom stereocenters. The summed E-state index contributed by atoms with van der Waals surface area (Å²) in [4.78, 5) is 11.5. The zero-order valence-electron chi connectivity index (χ0n) is 12.0. The Balaban J connectivity index is 1.84. The quantitative estimate of drug-likeness (QED) is 0.860. The third-order valence-corrected chi connectivity index (χ3v) is 6.18. The van der Waals surface area contributed by atoms with E-state index in [0.717, 1.165) is 6.07 Å². The van der Waals surface area contributed by atoms with E-state index in [4.69, 9.17) is 4.74 Å². The van der Waals surface area contributed by atoms with Gasteiger partial charge in [0.1, 0.15) is 10.7 Å². The Morgan fingerprint density at radius 3 is 2.77 bits per heavy atom. The molecule has 120 valence electrons. The van der Waals surface area contributed by atoms with Gasteiger partial charge in [-0.2, -0.15) is 4.31 Å². The number of nitrogens with zero attached hydrogens (tertiary/aromatic N) is 1. The molecule has 2 saturated heterocycles. The first-order valence-electron chi connectivity index (χ1n) is 7.03. The molecule has 0 aliphatic carbocycles. The zero-order valence-corrected chi connectivity index (χ0v) is 12.8. The Morgan fingerprint density at radius 1 is 1.36 bits per heavy atom. The fourth-order valence-corrected chi connectivity index (χ4v) is 4.68. The summed E-state index contributed by atoms with van der Waals surface area (Å²) in [7, 11) is -2.38. The molecular weight excluding hydrogens is 311 g/mol. The molecule has 6 nitrogen and oxygen atoms in total. The Morgan fingerprint density at radius 2 is 2.09 bits per heavy atom. The summed E-state index contributed by atoms with van der Waals surface area (Å²) in [5.74, 6) is -1.49. The van der Waals surface area contributed by atoms with Gasteiger partial charge in [-0.1, -0.05) is 12.1 Å². The van der Waals surface area contributed by atoms with Crippen LogP contribution in [0.3, 0.4) is 0 Å². The SMILES string of the molecule is CNC(=O)[C@@H]1CO[C@H]2CN(S(=O)(=O)c3ccccc3F)C[C@H]21. The van der Waals surface area contributed by atoms with Crippen LogP contribution >= 0.6 is 0 Å². The van der Waals surface area contributed by atoms with Gasteiger partial charge in [0.05, 0.1) is 18.6 Å². The number of sulfonamides is 1. The number of carbonyl (C=O) groups excluding carboxylic acids is 1. The van der Waals surface area contributed by atoms with Crippen LogP contribution in [-0.2, 0) is 19.6 Å². The summed E-state index contributed by atoms with van der Waals surface area (Å²) in [6.07, 6.45) is -0.316. The lowest BCUT2D eigenvalue weighted by molar-refractivity contribution is -0.125. The summed E-state index contributed by atoms with van der Waals surface area (Å²) in [6.45, 7) is 0.608. The van der Waals surface area contributed by atoms with Gasteiger partial charge < -0.3 is 10.1 Å². The number of ether oxygens (including phenoxy) is 1. The molecule has 0 radical (unpaired) electrons. The van der Waals surface area contributed by atoms with Gasteiger partial charge in [0.15, 0.2) is 0 Å². The van der Waals surface area contributed by atoms with Crippen LogP contribution in [-0.4, -0.2) is 51.5 Å². The van der Waals surface area contributed by atoms with E-state index in [1.165, 1.54) is 22.5 Å². The predicted octanol–water partition coefficient (Wildman–Crippen LogP) is 0.207. The van der Waals surface area contributed by atoms with Crippen molar-refractivity contribution >= 4 is 15.9 Å². The van der Waals surface area contributed by atoms with Crippen molar-refractivity contribution in [2.24, 2.45) is 11.8 Å². The molecular formula is C14H17FN2O4S. The highest BCUT2D eigenvalue weighted by Crippen LogP contribution is 2.36. The van der Waals surface area contributed by atoms with Crippen molar-refractivity contribution in [1.29, 1.82) is 0 Å². The zero-order chi connectivity index (χ0) is 15.9. The van der Waals surface area contributed by atoms with Crippen LogP contribution in [0.25, 0.3) is 0 Å². The lowest BCUT2D eigenvalue weighted by atomic mass is 9.92. The van der Waals surface area contributed by atoms with Gasteiger partial charge in [-0.3, -0.25) is 4.79 Å². The molecule has 0 saturated carbocycles. The number of amides is 1. The number of halogens is 1. The first-order chi connectivity index (χ1) is 10.4. The minimum atomic E-state index is -3.92. The van der Waals surface area contributed by atoms with E-state index in [0.29, 0.717) is 6.61 Å². The van der Waals surface area contributed by atoms with Crippen LogP contribution < -0.4 is 5.32 Å². The van der Waals surface area contributed by atoms with Gasteiger partial charge in [0.25, 0.3) is 0 Å². The molecule has 2 fully saturated rings. The number of hydrogen-bond acceptors (Lipinski definition) is 4. The minimum Gasteiger partial charge on any atom is -0.376 e. The lowest BCUT2D eigenvalue weighted by Gasteiger charge is -2.19. The van der Waals surface area contributed by atoms with E-state index >= 15 is 0 Å². The third-order valence-electron chi connectivity index (χ3n) is 4.32. The molecule has 2 heterocycles. The van der Waals surface area contributed by atoms with Crippen LogP contribution in [0.4, 0.5) is 4.39 Å². The molecule has 0 aromatic heterocycles. The van der Waals surface area contributed by atoms with Gasteiger partial charge >= 0.3 is 0 Å². The topological polar surface area (TPSA) is 75.7 Å². The summed E-state index contributed by atoms with van der Waals surface area (Å²) < 4.78 is 45.7. The molecule has 2 aliphatic rings. The number of nitrogens with one attached hydrogen (secondary N) is 1. The molecule has 1 N–H and O–H groups in total. The fourth-order valence-electron chi connectivity index (χ4n) is 3.12. The van der Waals surface area contributed by atoms with E-state index < -0.39 is 15.8 Å².